The van der Waals surface area contributed by atoms with Gasteiger partial charge in [0.2, 0.25) is 5.95 Å². The first-order chi connectivity index (χ1) is 13.4. The number of fused-ring (bicyclic) bond motifs is 1. The minimum absolute atomic E-state index is 0.0861. The molecule has 0 amide bonds. The lowest BCUT2D eigenvalue weighted by Gasteiger charge is -2.11. The average molecular weight is 424 g/mol. The van der Waals surface area contributed by atoms with Crippen molar-refractivity contribution in [1.82, 2.24) is 18.7 Å². The molecule has 3 aromatic rings. The molecule has 0 aliphatic carbocycles. The number of aryl methyl sites for hydroxylation is 2. The van der Waals surface area contributed by atoms with Crippen molar-refractivity contribution in [3.63, 3.8) is 0 Å². The second-order valence-electron chi connectivity index (χ2n) is 6.85. The molecule has 1 saturated heterocycles. The van der Waals surface area contributed by atoms with Crippen LogP contribution in [0, 0.1) is 0 Å². The lowest BCUT2D eigenvalue weighted by atomic mass is 10.2. The van der Waals surface area contributed by atoms with Crippen molar-refractivity contribution in [3.05, 3.63) is 54.6 Å². The smallest absolute Gasteiger partial charge is 0.332 e. The van der Waals surface area contributed by atoms with Gasteiger partial charge < -0.3 is 14.6 Å². The molecule has 1 fully saturated rings. The molecule has 1 aromatic carbocycles. The fourth-order valence-electron chi connectivity index (χ4n) is 3.36. The Bertz CT molecular complexity index is 1170. The third-order valence-electron chi connectivity index (χ3n) is 4.95. The van der Waals surface area contributed by atoms with Crippen molar-refractivity contribution in [3.8, 4) is 0 Å². The number of halogens is 2. The minimum Gasteiger partial charge on any atom is -0.379 e. The molecule has 148 valence electrons. The van der Waals surface area contributed by atoms with E-state index in [1.807, 2.05) is 0 Å². The van der Waals surface area contributed by atoms with Gasteiger partial charge in [0.25, 0.3) is 5.56 Å². The Morgan fingerprint density at radius 3 is 2.68 bits per heavy atom. The first-order valence-corrected chi connectivity index (χ1v) is 9.57. The number of anilines is 1. The predicted molar refractivity (Wildman–Crippen MR) is 109 cm³/mol. The van der Waals surface area contributed by atoms with Crippen molar-refractivity contribution in [2.45, 2.75) is 19.0 Å². The molecule has 0 spiro atoms. The molecule has 8 nitrogen and oxygen atoms in total. The highest BCUT2D eigenvalue weighted by atomic mass is 35.5. The van der Waals surface area contributed by atoms with Crippen LogP contribution >= 0.6 is 23.2 Å². The van der Waals surface area contributed by atoms with E-state index >= 15 is 0 Å². The molecule has 28 heavy (non-hydrogen) atoms. The Morgan fingerprint density at radius 1 is 1.21 bits per heavy atom. The molecule has 0 unspecified atom stereocenters. The Balaban J connectivity index is 1.81. The van der Waals surface area contributed by atoms with E-state index in [1.54, 1.807) is 36.9 Å². The normalized spacial score (nSPS) is 16.8. The monoisotopic (exact) mass is 423 g/mol. The van der Waals surface area contributed by atoms with Gasteiger partial charge in [-0.1, -0.05) is 29.3 Å². The van der Waals surface area contributed by atoms with Crippen molar-refractivity contribution >= 4 is 40.3 Å². The molecule has 1 aliphatic heterocycles. The van der Waals surface area contributed by atoms with E-state index in [4.69, 9.17) is 27.9 Å². The molecule has 0 radical (unpaired) electrons. The van der Waals surface area contributed by atoms with Crippen LogP contribution in [0.25, 0.3) is 11.2 Å². The van der Waals surface area contributed by atoms with E-state index in [9.17, 15) is 9.59 Å². The van der Waals surface area contributed by atoms with Crippen LogP contribution in [0.5, 0.6) is 0 Å². The molecule has 3 heterocycles. The lowest BCUT2D eigenvalue weighted by molar-refractivity contribution is 0.195. The third kappa shape index (κ3) is 3.21. The predicted octanol–water partition coefficient (Wildman–Crippen LogP) is 1.99. The molecule has 0 saturated carbocycles. The number of hydrogen-bond donors (Lipinski definition) is 1. The summed E-state index contributed by atoms with van der Waals surface area (Å²) in [6, 6.07) is 5.16. The Kier molecular flexibility index (Phi) is 4.95. The summed E-state index contributed by atoms with van der Waals surface area (Å²) in [6.45, 7) is 1.36. The zero-order chi connectivity index (χ0) is 20.0. The summed E-state index contributed by atoms with van der Waals surface area (Å²) in [4.78, 5) is 30.4. The van der Waals surface area contributed by atoms with Gasteiger partial charge in [-0.3, -0.25) is 13.9 Å². The maximum absolute atomic E-state index is 13.1. The molecule has 4 rings (SSSR count). The highest BCUT2D eigenvalue weighted by molar-refractivity contribution is 6.42. The molecule has 0 bridgehead atoms. The standard InChI is InChI=1S/C18H19Cl2N5O3/c1-23-14-15(22-17(23)21-11-5-6-28-9-11)24(2)18(27)25(16(14)26)8-10-3-4-12(19)13(20)7-10/h3-4,7,11H,5-6,8-9H2,1-2H3,(H,21,22)/t11-/m1/s1. The van der Waals surface area contributed by atoms with Crippen LogP contribution in [0.15, 0.2) is 27.8 Å². The number of ether oxygens (including phenoxy) is 1. The van der Waals surface area contributed by atoms with Crippen LogP contribution < -0.4 is 16.6 Å². The highest BCUT2D eigenvalue weighted by Gasteiger charge is 2.22. The van der Waals surface area contributed by atoms with Crippen LogP contribution in [0.4, 0.5) is 5.95 Å². The molecule has 2 aromatic heterocycles. The van der Waals surface area contributed by atoms with Gasteiger partial charge in [0.05, 0.1) is 29.2 Å². The van der Waals surface area contributed by atoms with E-state index in [0.29, 0.717) is 45.9 Å². The number of nitrogens with zero attached hydrogens (tertiary/aromatic N) is 4. The van der Waals surface area contributed by atoms with Gasteiger partial charge in [-0.05, 0) is 24.1 Å². The van der Waals surface area contributed by atoms with E-state index in [2.05, 4.69) is 10.3 Å². The van der Waals surface area contributed by atoms with Gasteiger partial charge in [-0.25, -0.2) is 4.79 Å². The molecular formula is C18H19Cl2N5O3. The largest absolute Gasteiger partial charge is 0.379 e. The van der Waals surface area contributed by atoms with Crippen LogP contribution in [0.2, 0.25) is 10.0 Å². The number of rotatable bonds is 4. The highest BCUT2D eigenvalue weighted by Crippen LogP contribution is 2.23. The summed E-state index contributed by atoms with van der Waals surface area (Å²) in [7, 11) is 3.35. The molecule has 1 aliphatic rings. The molecule has 1 atom stereocenters. The minimum atomic E-state index is -0.447. The summed E-state index contributed by atoms with van der Waals surface area (Å²) in [5.74, 6) is 0.532. The van der Waals surface area contributed by atoms with E-state index in [1.165, 1.54) is 9.13 Å². The number of nitrogens with one attached hydrogen (secondary N) is 1. The van der Waals surface area contributed by atoms with Gasteiger partial charge in [0, 0.05) is 20.7 Å². The molecular weight excluding hydrogens is 405 g/mol. The summed E-state index contributed by atoms with van der Waals surface area (Å²) >= 11 is 12.0. The van der Waals surface area contributed by atoms with Gasteiger partial charge in [-0.15, -0.1) is 0 Å². The van der Waals surface area contributed by atoms with Crippen LogP contribution in [0.3, 0.4) is 0 Å². The zero-order valence-corrected chi connectivity index (χ0v) is 16.9. The fourth-order valence-corrected chi connectivity index (χ4v) is 3.68. The SMILES string of the molecule is Cn1c(N[C@@H]2CCOC2)nc2c1c(=O)n(Cc1ccc(Cl)c(Cl)c1)c(=O)n2C. The van der Waals surface area contributed by atoms with E-state index in [-0.39, 0.29) is 12.6 Å². The fraction of sp³-hybridized carbons (Fsp3) is 0.389. The van der Waals surface area contributed by atoms with Gasteiger partial charge in [0.1, 0.15) is 0 Å². The molecule has 1 N–H and O–H groups in total. The van der Waals surface area contributed by atoms with Gasteiger partial charge in [0.15, 0.2) is 11.2 Å². The number of aromatic nitrogens is 4. The van der Waals surface area contributed by atoms with Crippen LogP contribution in [0.1, 0.15) is 12.0 Å². The van der Waals surface area contributed by atoms with Crippen LogP contribution in [-0.4, -0.2) is 37.9 Å². The average Bonchev–Trinajstić information content (AvgIpc) is 3.29. The van der Waals surface area contributed by atoms with Crippen LogP contribution in [-0.2, 0) is 25.4 Å². The quantitative estimate of drug-likeness (QED) is 0.693. The zero-order valence-electron chi connectivity index (χ0n) is 15.4. The summed E-state index contributed by atoms with van der Waals surface area (Å²) < 4.78 is 9.61. The molecule has 10 heteroatoms. The summed E-state index contributed by atoms with van der Waals surface area (Å²) in [5, 5.41) is 4.07. The Labute approximate surface area is 170 Å². The van der Waals surface area contributed by atoms with Crippen molar-refractivity contribution in [2.75, 3.05) is 18.5 Å². The first kappa shape index (κ1) is 19.0. The lowest BCUT2D eigenvalue weighted by Crippen LogP contribution is -2.39. The van der Waals surface area contributed by atoms with E-state index < -0.39 is 11.2 Å². The van der Waals surface area contributed by atoms with Gasteiger partial charge in [-0.2, -0.15) is 4.98 Å². The number of benzene rings is 1. The Morgan fingerprint density at radius 2 is 2.00 bits per heavy atom. The topological polar surface area (TPSA) is 83.1 Å². The second-order valence-corrected chi connectivity index (χ2v) is 7.67. The summed E-state index contributed by atoms with van der Waals surface area (Å²) in [5.41, 5.74) is 0.539. The third-order valence-corrected chi connectivity index (χ3v) is 5.69. The maximum Gasteiger partial charge on any atom is 0.332 e. The Hall–Kier alpha value is -2.29. The van der Waals surface area contributed by atoms with Crippen molar-refractivity contribution in [1.29, 1.82) is 0 Å². The second kappa shape index (κ2) is 7.27. The van der Waals surface area contributed by atoms with Crippen molar-refractivity contribution < 1.29 is 4.74 Å². The van der Waals surface area contributed by atoms with Crippen molar-refractivity contribution in [2.24, 2.45) is 14.1 Å². The number of hydrogen-bond acceptors (Lipinski definition) is 5. The maximum atomic E-state index is 13.1. The number of imidazole rings is 1. The van der Waals surface area contributed by atoms with E-state index in [0.717, 1.165) is 6.42 Å². The van der Waals surface area contributed by atoms with Gasteiger partial charge >= 0.3 is 5.69 Å². The first-order valence-electron chi connectivity index (χ1n) is 8.81. The summed E-state index contributed by atoms with van der Waals surface area (Å²) in [6.07, 6.45) is 0.865.